The van der Waals surface area contributed by atoms with Gasteiger partial charge in [-0.2, -0.15) is 0 Å². The quantitative estimate of drug-likeness (QED) is 0.130. The van der Waals surface area contributed by atoms with Crippen LogP contribution in [0.3, 0.4) is 0 Å². The van der Waals surface area contributed by atoms with Gasteiger partial charge in [0.2, 0.25) is 0 Å². The van der Waals surface area contributed by atoms with E-state index in [2.05, 4.69) is 290 Å². The van der Waals surface area contributed by atoms with E-state index in [-0.39, 0.29) is 0 Å². The molecule has 0 amide bonds. The molecule has 5 heteroatoms. The molecule has 0 N–H and O–H groups in total. The van der Waals surface area contributed by atoms with Gasteiger partial charge in [0, 0.05) is 43.9 Å². The Morgan fingerprint density at radius 2 is 0.616 bits per heavy atom. The smallest absolute Gasteiger partial charge is 0.164 e. The van der Waals surface area contributed by atoms with Gasteiger partial charge in [0.1, 0.15) is 11.2 Å². The highest BCUT2D eigenvalue weighted by Crippen LogP contribution is 2.42. The number of nitrogens with zero attached hydrogens (tertiary/aromatic N) is 4. The Labute approximate surface area is 498 Å². The molecule has 0 spiro atoms. The second-order valence-electron chi connectivity index (χ2n) is 21.9. The van der Waals surface area contributed by atoms with Crippen LogP contribution in [-0.2, 0) is 0 Å². The predicted molar refractivity (Wildman–Crippen MR) is 356 cm³/mol. The van der Waals surface area contributed by atoms with Crippen LogP contribution in [0.4, 0.5) is 0 Å². The average molecular weight is 1100 g/mol. The number of para-hydroxylation sites is 1. The zero-order chi connectivity index (χ0) is 56.9. The molecule has 3 aromatic heterocycles. The predicted octanol–water partition coefficient (Wildman–Crippen LogP) is 21.5. The standard InChI is InChI=1S/C81H52N4O/c1-6-21-53(22-7-1)63-44-64(54-23-8-2-9-24-54)47-67(46-63)58-31-18-33-62(43-58)80-82-79(57-29-14-5-15-30-57)83-81(84-80)71-36-20-38-77-78(71)73-52-61(40-42-76(73)86-77)60-39-41-75-72(51-60)70-35-16-17-37-74(70)85(75)69-34-19-32-59(50-69)68-48-65(55-25-10-3-11-26-55)45-66(49-68)56-27-12-4-13-28-56/h1-52H. The van der Waals surface area contributed by atoms with Crippen molar-refractivity contribution in [3.8, 4) is 118 Å². The second kappa shape index (κ2) is 21.3. The van der Waals surface area contributed by atoms with E-state index in [4.69, 9.17) is 19.4 Å². The van der Waals surface area contributed by atoms with Gasteiger partial charge in [-0.05, 0) is 169 Å². The molecular formula is C81H52N4O. The van der Waals surface area contributed by atoms with E-state index < -0.39 is 0 Å². The van der Waals surface area contributed by atoms with E-state index >= 15 is 0 Å². The van der Waals surface area contributed by atoms with Crippen molar-refractivity contribution >= 4 is 43.7 Å². The molecule has 5 nitrogen and oxygen atoms in total. The summed E-state index contributed by atoms with van der Waals surface area (Å²) >= 11 is 0. The van der Waals surface area contributed by atoms with Crippen LogP contribution in [0.25, 0.3) is 161 Å². The maximum absolute atomic E-state index is 6.69. The largest absolute Gasteiger partial charge is 0.456 e. The lowest BCUT2D eigenvalue weighted by Gasteiger charge is -2.14. The molecular weight excluding hydrogens is 1040 g/mol. The van der Waals surface area contributed by atoms with Gasteiger partial charge in [-0.1, -0.05) is 224 Å². The van der Waals surface area contributed by atoms with Gasteiger partial charge in [0.05, 0.1) is 11.0 Å². The van der Waals surface area contributed by atoms with Gasteiger partial charge in [0.25, 0.3) is 0 Å². The molecule has 0 bridgehead atoms. The minimum Gasteiger partial charge on any atom is -0.456 e. The minimum atomic E-state index is 0.564. The zero-order valence-corrected chi connectivity index (χ0v) is 46.7. The van der Waals surface area contributed by atoms with Crippen molar-refractivity contribution in [3.63, 3.8) is 0 Å². The van der Waals surface area contributed by atoms with Gasteiger partial charge in [-0.25, -0.2) is 15.0 Å². The van der Waals surface area contributed by atoms with Gasteiger partial charge in [-0.3, -0.25) is 0 Å². The van der Waals surface area contributed by atoms with E-state index in [0.717, 1.165) is 111 Å². The maximum Gasteiger partial charge on any atom is 0.164 e. The summed E-state index contributed by atoms with van der Waals surface area (Å²) in [7, 11) is 0. The van der Waals surface area contributed by atoms with Crippen LogP contribution in [0, 0.1) is 0 Å². The first-order chi connectivity index (χ1) is 42.6. The van der Waals surface area contributed by atoms with Crippen LogP contribution >= 0.6 is 0 Å². The Morgan fingerprint density at radius 1 is 0.221 bits per heavy atom. The molecule has 3 heterocycles. The monoisotopic (exact) mass is 1100 g/mol. The highest BCUT2D eigenvalue weighted by Gasteiger charge is 2.21. The van der Waals surface area contributed by atoms with Crippen molar-refractivity contribution in [1.29, 1.82) is 0 Å². The third kappa shape index (κ3) is 9.30. The Kier molecular flexibility index (Phi) is 12.5. The maximum atomic E-state index is 6.69. The average Bonchev–Trinajstić information content (AvgIpc) is 2.07. The fourth-order valence-electron chi connectivity index (χ4n) is 12.4. The SMILES string of the molecule is c1ccc(-c2cc(-c3ccccc3)cc(-c3cccc(-c4nc(-c5ccccc5)nc(-c5cccc6oc7ccc(-c8ccc9c(c8)c8ccccc8n9-c8cccc(-c9cc(-c%10ccccc%10)cc(-c%10ccccc%10)c9)c8)cc7c56)n4)c3)c2)cc1. The van der Waals surface area contributed by atoms with E-state index in [1.54, 1.807) is 0 Å². The Bertz CT molecular complexity index is 5090. The number of aromatic nitrogens is 4. The lowest BCUT2D eigenvalue weighted by atomic mass is 9.93. The number of rotatable bonds is 11. The first kappa shape index (κ1) is 50.2. The van der Waals surface area contributed by atoms with Crippen LogP contribution in [0.2, 0.25) is 0 Å². The van der Waals surface area contributed by atoms with Crippen LogP contribution in [0.5, 0.6) is 0 Å². The molecule has 0 saturated heterocycles. The van der Waals surface area contributed by atoms with Crippen LogP contribution in [-0.4, -0.2) is 19.5 Å². The summed E-state index contributed by atoms with van der Waals surface area (Å²) in [4.78, 5) is 15.8. The van der Waals surface area contributed by atoms with Crippen LogP contribution < -0.4 is 0 Å². The summed E-state index contributed by atoms with van der Waals surface area (Å²) in [6, 6.07) is 112. The van der Waals surface area contributed by atoms with Crippen molar-refractivity contribution in [2.75, 3.05) is 0 Å². The molecule has 0 aliphatic heterocycles. The normalized spacial score (nSPS) is 11.5. The first-order valence-electron chi connectivity index (χ1n) is 29.1. The molecule has 0 aliphatic carbocycles. The number of furan rings is 1. The minimum absolute atomic E-state index is 0.564. The van der Waals surface area contributed by atoms with E-state index in [1.807, 2.05) is 30.3 Å². The number of fused-ring (bicyclic) bond motifs is 6. The van der Waals surface area contributed by atoms with Gasteiger partial charge in [0.15, 0.2) is 17.5 Å². The van der Waals surface area contributed by atoms with Gasteiger partial charge >= 0.3 is 0 Å². The van der Waals surface area contributed by atoms with Crippen molar-refractivity contribution < 1.29 is 4.42 Å². The molecule has 16 rings (SSSR count). The van der Waals surface area contributed by atoms with Crippen molar-refractivity contribution in [1.82, 2.24) is 19.5 Å². The van der Waals surface area contributed by atoms with Crippen LogP contribution in [0.15, 0.2) is 320 Å². The molecule has 16 aromatic rings. The highest BCUT2D eigenvalue weighted by atomic mass is 16.3. The molecule has 0 unspecified atom stereocenters. The Hall–Kier alpha value is -11.5. The third-order valence-corrected chi connectivity index (χ3v) is 16.6. The summed E-state index contributed by atoms with van der Waals surface area (Å²) in [6.07, 6.45) is 0. The molecule has 13 aromatic carbocycles. The Balaban J connectivity index is 0.792. The fraction of sp³-hybridized carbons (Fsp3) is 0. The molecule has 0 aliphatic rings. The van der Waals surface area contributed by atoms with E-state index in [0.29, 0.717) is 17.5 Å². The van der Waals surface area contributed by atoms with Crippen molar-refractivity contribution in [2.45, 2.75) is 0 Å². The first-order valence-corrected chi connectivity index (χ1v) is 29.1. The molecule has 0 saturated carbocycles. The van der Waals surface area contributed by atoms with Crippen molar-refractivity contribution in [3.05, 3.63) is 315 Å². The molecule has 0 atom stereocenters. The number of hydrogen-bond donors (Lipinski definition) is 0. The number of hydrogen-bond acceptors (Lipinski definition) is 4. The summed E-state index contributed by atoms with van der Waals surface area (Å²) in [5, 5.41) is 4.29. The number of benzene rings is 13. The molecule has 86 heavy (non-hydrogen) atoms. The summed E-state index contributed by atoms with van der Waals surface area (Å²) in [5.74, 6) is 1.74. The van der Waals surface area contributed by atoms with Gasteiger partial charge in [-0.15, -0.1) is 0 Å². The van der Waals surface area contributed by atoms with Crippen LogP contribution in [0.1, 0.15) is 0 Å². The molecule has 0 radical (unpaired) electrons. The van der Waals surface area contributed by atoms with Crippen molar-refractivity contribution in [2.24, 2.45) is 0 Å². The Morgan fingerprint density at radius 3 is 1.20 bits per heavy atom. The summed E-state index contributed by atoms with van der Waals surface area (Å²) in [5.41, 5.74) is 23.6. The van der Waals surface area contributed by atoms with Gasteiger partial charge < -0.3 is 8.98 Å². The summed E-state index contributed by atoms with van der Waals surface area (Å²) in [6.45, 7) is 0. The highest BCUT2D eigenvalue weighted by molar-refractivity contribution is 6.14. The molecule has 402 valence electrons. The zero-order valence-electron chi connectivity index (χ0n) is 46.7. The lowest BCUT2D eigenvalue weighted by molar-refractivity contribution is 0.669. The lowest BCUT2D eigenvalue weighted by Crippen LogP contribution is -2.00. The molecule has 0 fully saturated rings. The van der Waals surface area contributed by atoms with E-state index in [1.165, 1.54) is 33.0 Å². The third-order valence-electron chi connectivity index (χ3n) is 16.6. The topological polar surface area (TPSA) is 56.7 Å². The fourth-order valence-corrected chi connectivity index (χ4v) is 12.4. The van der Waals surface area contributed by atoms with E-state index in [9.17, 15) is 0 Å². The second-order valence-corrected chi connectivity index (χ2v) is 21.9. The summed E-state index contributed by atoms with van der Waals surface area (Å²) < 4.78 is 9.10.